The molecule has 6 aromatic carbocycles. The number of aliphatic imine (C=N–C) groups is 2. The van der Waals surface area contributed by atoms with Crippen molar-refractivity contribution < 1.29 is 55.7 Å². The minimum Gasteiger partial charge on any atom is -0.542 e. The largest absolute Gasteiger partial charge is 0.542 e. The van der Waals surface area contributed by atoms with Crippen LogP contribution in [0, 0.1) is 0 Å². The van der Waals surface area contributed by atoms with Crippen molar-refractivity contribution in [1.29, 1.82) is 0 Å². The van der Waals surface area contributed by atoms with Crippen LogP contribution < -0.4 is 65.0 Å². The number of unbranched alkanes of at least 4 members (excludes halogenated alkanes) is 2. The first kappa shape index (κ1) is 66.8. The number of hydrogen-bond donors (Lipinski definition) is 4. The first-order valence-electron chi connectivity index (χ1n) is 25.2. The van der Waals surface area contributed by atoms with Gasteiger partial charge in [0.05, 0.1) is 12.3 Å². The average Bonchev–Trinajstić information content (AvgIpc) is 3.44. The highest BCUT2D eigenvalue weighted by atomic mass is 31.2. The van der Waals surface area contributed by atoms with E-state index in [-0.39, 0.29) is 23.7 Å². The summed E-state index contributed by atoms with van der Waals surface area (Å²) < 4.78 is 63.1. The van der Waals surface area contributed by atoms with Crippen LogP contribution in [-0.4, -0.2) is 110 Å². The Labute approximate surface area is 464 Å². The van der Waals surface area contributed by atoms with E-state index >= 15 is 0 Å². The Kier molecular flexibility index (Phi) is 28.2. The van der Waals surface area contributed by atoms with Crippen molar-refractivity contribution in [3.63, 3.8) is 0 Å². The molecule has 22 heteroatoms. The van der Waals surface area contributed by atoms with E-state index in [9.17, 15) is 35.9 Å². The molecule has 0 heterocycles. The highest BCUT2D eigenvalue weighted by molar-refractivity contribution is 7.96. The molecular weight excluding hydrogens is 1080 g/mol. The minimum absolute atomic E-state index is 0.175. The maximum atomic E-state index is 11.7. The summed E-state index contributed by atoms with van der Waals surface area (Å²) in [5, 5.41) is 26.1. The number of hydrogen-bond acceptors (Lipinski definition) is 8. The Bertz CT molecular complexity index is 2450. The van der Waals surface area contributed by atoms with Gasteiger partial charge in [-0.1, -0.05) is 109 Å². The summed E-state index contributed by atoms with van der Waals surface area (Å²) >= 11 is 0. The molecule has 6 aromatic rings. The molecule has 6 rings (SSSR count). The normalized spacial score (nSPS) is 11.3. The van der Waals surface area contributed by atoms with Gasteiger partial charge in [0.2, 0.25) is 11.8 Å². The van der Waals surface area contributed by atoms with Crippen LogP contribution in [0.5, 0.6) is 0 Å². The molecule has 0 saturated carbocycles. The van der Waals surface area contributed by atoms with Crippen molar-refractivity contribution in [3.05, 3.63) is 182 Å². The van der Waals surface area contributed by atoms with E-state index in [0.717, 1.165) is 51.1 Å². The predicted octanol–water partition coefficient (Wildman–Crippen LogP) is 4.36. The number of nitrogens with zero attached hydrogens (tertiary/aromatic N) is 4. The lowest BCUT2D eigenvalue weighted by Gasteiger charge is -2.28. The van der Waals surface area contributed by atoms with E-state index in [1.807, 2.05) is 14.1 Å². The maximum absolute atomic E-state index is 11.7. The number of carbonyl (C=O) groups is 4. The Morgan fingerprint density at radius 1 is 0.400 bits per heavy atom. The number of carboxylic acids is 2. The number of aliphatic carboxylic acids is 2. The van der Waals surface area contributed by atoms with E-state index in [1.165, 1.54) is 31.8 Å². The lowest BCUT2D eigenvalue weighted by molar-refractivity contribution is -0.344. The number of nitrogens with two attached hydrogens (primary N) is 4. The molecule has 80 heavy (non-hydrogen) atoms. The van der Waals surface area contributed by atoms with Gasteiger partial charge in [0.15, 0.2) is 11.9 Å². The van der Waals surface area contributed by atoms with Gasteiger partial charge < -0.3 is 52.5 Å². The van der Waals surface area contributed by atoms with Crippen molar-refractivity contribution in [2.45, 2.75) is 50.9 Å². The molecule has 0 unspecified atom stereocenters. The zero-order valence-electron chi connectivity index (χ0n) is 44.5. The third-order valence-corrected chi connectivity index (χ3v) is 21.2. The Balaban J connectivity index is 0.000000339. The minimum atomic E-state index is -5.19. The van der Waals surface area contributed by atoms with E-state index in [2.05, 4.69) is 202 Å². The summed E-state index contributed by atoms with van der Waals surface area (Å²) in [6, 6.07) is 65.8. The van der Waals surface area contributed by atoms with Crippen molar-refractivity contribution in [1.82, 2.24) is 9.80 Å². The monoisotopic (exact) mass is 1150 g/mol. The number of amides is 2. The lowest BCUT2D eigenvalue weighted by Crippen LogP contribution is -2.37. The summed E-state index contributed by atoms with van der Waals surface area (Å²) in [7, 11) is 0.520. The molecule has 0 saturated heterocycles. The highest BCUT2D eigenvalue weighted by Gasteiger charge is 2.46. The van der Waals surface area contributed by atoms with Crippen LogP contribution >= 0.6 is 14.5 Å². The predicted molar refractivity (Wildman–Crippen MR) is 306 cm³/mol. The number of rotatable bonds is 22. The third kappa shape index (κ3) is 22.7. The van der Waals surface area contributed by atoms with E-state index in [1.54, 1.807) is 0 Å². The van der Waals surface area contributed by atoms with Gasteiger partial charge in [0.1, 0.15) is 58.3 Å². The number of benzene rings is 6. The summed E-state index contributed by atoms with van der Waals surface area (Å²) in [5.74, 6) is -6.91. The van der Waals surface area contributed by atoms with Crippen LogP contribution in [0.3, 0.4) is 0 Å². The van der Waals surface area contributed by atoms with Crippen LogP contribution in [0.15, 0.2) is 192 Å². The first-order chi connectivity index (χ1) is 37.9. The molecule has 8 N–H and O–H groups in total. The molecule has 0 aliphatic rings. The Morgan fingerprint density at radius 2 is 0.600 bits per heavy atom. The fourth-order valence-electron chi connectivity index (χ4n) is 8.42. The second kappa shape index (κ2) is 33.8. The van der Waals surface area contributed by atoms with E-state index < -0.39 is 38.8 Å². The van der Waals surface area contributed by atoms with Gasteiger partial charge in [-0.2, -0.15) is 36.3 Å². The summed E-state index contributed by atoms with van der Waals surface area (Å²) in [6.07, 6.45) is -3.23. The number of carboxylic acid groups (broad SMARTS) is 2. The van der Waals surface area contributed by atoms with Crippen LogP contribution in [0.1, 0.15) is 38.5 Å². The molecular formula is C58H68F6N8O6P2. The SMILES string of the molecule is CN(CCCC[P+](c1ccccc1)(c1ccccc1)c1ccccc1)CCC(=O)N=C(N)N.CN(CCCC[P+](c1ccccc1)(c1ccccc1)c1ccccc1)CCC(=O)N=C(N)N.O=C([O-])C(F)(F)F.O=C([O-])C(F)(F)F. The Hall–Kier alpha value is -7.50. The second-order valence-electron chi connectivity index (χ2n) is 18.0. The Morgan fingerprint density at radius 3 is 0.775 bits per heavy atom. The van der Waals surface area contributed by atoms with Gasteiger partial charge >= 0.3 is 12.4 Å². The molecule has 0 atom stereocenters. The highest BCUT2D eigenvalue weighted by Crippen LogP contribution is 2.57. The smallest absolute Gasteiger partial charge is 0.430 e. The standard InChI is InChI=1S/2C27H33N4OP.2C2HF3O2/c2*1-31(21-19-26(32)30-27(28)29)20-11-12-22-33(23-13-5-2-6-14-23,24-15-7-3-8-16-24)25-17-9-4-10-18-25;2*3-2(4,5)1(6)7/h2*2-10,13-18H,11-12,19-22H2,1H3,(H3-,28,29,30,32);2*(H,6,7). The van der Waals surface area contributed by atoms with Crippen molar-refractivity contribution in [2.24, 2.45) is 32.9 Å². The molecule has 0 fully saturated rings. The maximum Gasteiger partial charge on any atom is 0.430 e. The molecule has 0 spiro atoms. The summed E-state index contributed by atoms with van der Waals surface area (Å²) in [6.45, 7) is 3.14. The zero-order chi connectivity index (χ0) is 59.2. The molecule has 0 bridgehead atoms. The first-order valence-corrected chi connectivity index (χ1v) is 29.2. The molecule has 2 amide bonds. The average molecular weight is 1150 g/mol. The van der Waals surface area contributed by atoms with Gasteiger partial charge in [-0.15, -0.1) is 0 Å². The second-order valence-corrected chi connectivity index (χ2v) is 25.3. The van der Waals surface area contributed by atoms with E-state index in [4.69, 9.17) is 42.7 Å². The molecule has 0 aliphatic heterocycles. The number of guanidine groups is 2. The van der Waals surface area contributed by atoms with Gasteiger partial charge in [-0.25, -0.2) is 0 Å². The molecule has 0 radical (unpaired) electrons. The zero-order valence-corrected chi connectivity index (χ0v) is 46.3. The van der Waals surface area contributed by atoms with E-state index in [0.29, 0.717) is 25.9 Å². The molecule has 14 nitrogen and oxygen atoms in total. The summed E-state index contributed by atoms with van der Waals surface area (Å²) in [5.41, 5.74) is 21.1. The number of carbonyl (C=O) groups excluding carboxylic acids is 4. The van der Waals surface area contributed by atoms with Gasteiger partial charge in [-0.3, -0.25) is 9.59 Å². The van der Waals surface area contributed by atoms with Crippen molar-refractivity contribution in [3.8, 4) is 0 Å². The third-order valence-electron chi connectivity index (χ3n) is 12.1. The van der Waals surface area contributed by atoms with Gasteiger partial charge in [0, 0.05) is 25.9 Å². The van der Waals surface area contributed by atoms with Crippen LogP contribution in [0.2, 0.25) is 0 Å². The van der Waals surface area contributed by atoms with Gasteiger partial charge in [-0.05, 0) is 126 Å². The molecule has 0 aliphatic carbocycles. The fraction of sp³-hybridized carbons (Fsp3) is 0.276. The van der Waals surface area contributed by atoms with Crippen LogP contribution in [-0.2, 0) is 19.2 Å². The van der Waals surface area contributed by atoms with Crippen LogP contribution in [0.4, 0.5) is 26.3 Å². The quantitative estimate of drug-likeness (QED) is 0.0244. The lowest BCUT2D eigenvalue weighted by atomic mass is 10.3. The number of halogens is 6. The van der Waals surface area contributed by atoms with Gasteiger partial charge in [0.25, 0.3) is 0 Å². The van der Waals surface area contributed by atoms with Crippen molar-refractivity contribution >= 4 is 82.0 Å². The van der Waals surface area contributed by atoms with Crippen LogP contribution in [0.25, 0.3) is 0 Å². The fourth-order valence-corrected chi connectivity index (χ4v) is 17.2. The topological polar surface area (TPSA) is 250 Å². The summed E-state index contributed by atoms with van der Waals surface area (Å²) in [4.78, 5) is 52.5. The molecule has 0 aromatic heterocycles. The van der Waals surface area contributed by atoms with Crippen molar-refractivity contribution in [2.75, 3.05) is 52.6 Å². The molecule has 428 valence electrons. The number of alkyl halides is 6.